The maximum absolute atomic E-state index is 8.76. The molecule has 1 aliphatic heterocycles. The van der Waals surface area contributed by atoms with Crippen molar-refractivity contribution in [2.75, 3.05) is 18.0 Å². The number of halogens is 1. The highest BCUT2D eigenvalue weighted by atomic mass is 35.5. The Kier molecular flexibility index (Phi) is 7.00. The number of ether oxygens (including phenoxy) is 1. The molecule has 1 saturated heterocycles. The minimum atomic E-state index is 0.190. The number of hydrogen-bond acceptors (Lipinski definition) is 8. The second kappa shape index (κ2) is 9.22. The summed E-state index contributed by atoms with van der Waals surface area (Å²) in [5.41, 5.74) is 2.41. The average molecular weight is 386 g/mol. The molecule has 0 unspecified atom stereocenters. The lowest BCUT2D eigenvalue weighted by atomic mass is 10.2. The highest BCUT2D eigenvalue weighted by Gasteiger charge is 2.24. The van der Waals surface area contributed by atoms with E-state index in [0.29, 0.717) is 16.5 Å². The summed E-state index contributed by atoms with van der Waals surface area (Å²) in [7, 11) is 0. The van der Waals surface area contributed by atoms with Gasteiger partial charge in [-0.2, -0.15) is 10.5 Å². The third kappa shape index (κ3) is 5.58. The summed E-state index contributed by atoms with van der Waals surface area (Å²) in [6, 6.07) is 7.22. The van der Waals surface area contributed by atoms with Gasteiger partial charge >= 0.3 is 0 Å². The molecular formula is C18H20ClN7O. The van der Waals surface area contributed by atoms with Crippen LogP contribution < -0.4 is 4.90 Å². The molecule has 2 aromatic heterocycles. The van der Waals surface area contributed by atoms with Gasteiger partial charge in [-0.15, -0.1) is 20.4 Å². The normalized spacial score (nSPS) is 18.7. The molecule has 0 saturated carbocycles. The van der Waals surface area contributed by atoms with Crippen molar-refractivity contribution in [3.63, 3.8) is 0 Å². The van der Waals surface area contributed by atoms with Gasteiger partial charge in [-0.25, -0.2) is 0 Å². The zero-order valence-corrected chi connectivity index (χ0v) is 16.4. The monoisotopic (exact) mass is 385 g/mol. The average Bonchev–Trinajstić information content (AvgIpc) is 2.63. The fraction of sp³-hybridized carbons (Fsp3) is 0.444. The number of nitriles is 2. The number of rotatable bonds is 1. The van der Waals surface area contributed by atoms with E-state index in [9.17, 15) is 0 Å². The van der Waals surface area contributed by atoms with Gasteiger partial charge in [0.1, 0.15) is 12.1 Å². The molecule has 0 amide bonds. The van der Waals surface area contributed by atoms with E-state index in [1.807, 2.05) is 19.1 Å². The Labute approximate surface area is 163 Å². The van der Waals surface area contributed by atoms with Crippen LogP contribution in [0.3, 0.4) is 0 Å². The SMILES string of the molecule is Cc1cc(C#N)nnc1Cl.Cc1cc(C#N)nnc1N1C[C@H](C)O[C@@H](C)C1. The van der Waals surface area contributed by atoms with Crippen LogP contribution in [0.4, 0.5) is 5.82 Å². The van der Waals surface area contributed by atoms with Crippen LogP contribution in [0, 0.1) is 36.5 Å². The molecule has 140 valence electrons. The molecule has 3 rings (SSSR count). The molecule has 0 aliphatic carbocycles. The highest BCUT2D eigenvalue weighted by molar-refractivity contribution is 6.30. The molecular weight excluding hydrogens is 366 g/mol. The lowest BCUT2D eigenvalue weighted by Gasteiger charge is -2.36. The zero-order chi connectivity index (χ0) is 20.0. The van der Waals surface area contributed by atoms with Gasteiger partial charge in [0.05, 0.1) is 12.2 Å². The predicted octanol–water partition coefficient (Wildman–Crippen LogP) is 2.58. The lowest BCUT2D eigenvalue weighted by Crippen LogP contribution is -2.46. The van der Waals surface area contributed by atoms with E-state index < -0.39 is 0 Å². The van der Waals surface area contributed by atoms with E-state index in [1.54, 1.807) is 19.1 Å². The molecule has 0 N–H and O–H groups in total. The molecule has 8 nitrogen and oxygen atoms in total. The third-order valence-electron chi connectivity index (χ3n) is 3.83. The summed E-state index contributed by atoms with van der Waals surface area (Å²) in [6.45, 7) is 9.45. The molecule has 2 aromatic rings. The number of hydrogen-bond donors (Lipinski definition) is 0. The Morgan fingerprint density at radius 3 is 1.96 bits per heavy atom. The highest BCUT2D eigenvalue weighted by Crippen LogP contribution is 2.21. The number of aromatic nitrogens is 4. The largest absolute Gasteiger partial charge is 0.372 e. The van der Waals surface area contributed by atoms with Crippen molar-refractivity contribution >= 4 is 17.4 Å². The van der Waals surface area contributed by atoms with Crippen LogP contribution in [-0.2, 0) is 4.74 Å². The van der Waals surface area contributed by atoms with E-state index in [1.165, 1.54) is 0 Å². The fourth-order valence-corrected chi connectivity index (χ4v) is 2.81. The Bertz CT molecular complexity index is 880. The van der Waals surface area contributed by atoms with Gasteiger partial charge in [-0.05, 0) is 51.0 Å². The number of morpholine rings is 1. The van der Waals surface area contributed by atoms with Crippen molar-refractivity contribution < 1.29 is 4.74 Å². The summed E-state index contributed by atoms with van der Waals surface area (Å²) < 4.78 is 5.68. The van der Waals surface area contributed by atoms with E-state index in [4.69, 9.17) is 26.9 Å². The minimum absolute atomic E-state index is 0.190. The fourth-order valence-electron chi connectivity index (χ4n) is 2.72. The quantitative estimate of drug-likeness (QED) is 0.736. The molecule has 1 fully saturated rings. The van der Waals surface area contributed by atoms with E-state index >= 15 is 0 Å². The first-order valence-corrected chi connectivity index (χ1v) is 8.76. The molecule has 0 spiro atoms. The van der Waals surface area contributed by atoms with Gasteiger partial charge in [0.25, 0.3) is 0 Å². The molecule has 27 heavy (non-hydrogen) atoms. The maximum atomic E-state index is 8.76. The predicted molar refractivity (Wildman–Crippen MR) is 100 cm³/mol. The van der Waals surface area contributed by atoms with Crippen LogP contribution in [0.1, 0.15) is 36.4 Å². The number of nitrogens with zero attached hydrogens (tertiary/aromatic N) is 7. The standard InChI is InChI=1S/C12H16N4O.C6H4ClN3/c1-8-4-11(5-13)14-15-12(8)16-6-9(2)17-10(3)7-16;1-4-2-5(3-8)9-10-6(4)7/h4,9-10H,6-7H2,1-3H3;2H,1H3/t9-,10-;/m0./s1. The Hall–Kier alpha value is -2.81. The minimum Gasteiger partial charge on any atom is -0.372 e. The molecule has 0 aromatic carbocycles. The Morgan fingerprint density at radius 2 is 1.48 bits per heavy atom. The second-order valence-corrected chi connectivity index (χ2v) is 6.68. The molecule has 3 heterocycles. The van der Waals surface area contributed by atoms with Crippen LogP contribution in [0.2, 0.25) is 5.15 Å². The summed E-state index contributed by atoms with van der Waals surface area (Å²) in [4.78, 5) is 2.17. The van der Waals surface area contributed by atoms with Crippen molar-refractivity contribution in [1.29, 1.82) is 10.5 Å². The van der Waals surface area contributed by atoms with Crippen molar-refractivity contribution in [3.05, 3.63) is 39.8 Å². The molecule has 1 aliphatic rings. The molecule has 9 heteroatoms. The van der Waals surface area contributed by atoms with Gasteiger partial charge in [0.15, 0.2) is 22.4 Å². The van der Waals surface area contributed by atoms with Crippen molar-refractivity contribution in [3.8, 4) is 12.1 Å². The first kappa shape index (κ1) is 20.5. The maximum Gasteiger partial charge on any atom is 0.163 e. The van der Waals surface area contributed by atoms with E-state index in [-0.39, 0.29) is 12.2 Å². The van der Waals surface area contributed by atoms with Crippen molar-refractivity contribution in [2.24, 2.45) is 0 Å². The summed E-state index contributed by atoms with van der Waals surface area (Å²) in [6.07, 6.45) is 0.381. The summed E-state index contributed by atoms with van der Waals surface area (Å²) in [5.74, 6) is 0.853. The third-order valence-corrected chi connectivity index (χ3v) is 4.20. The second-order valence-electron chi connectivity index (χ2n) is 6.33. The van der Waals surface area contributed by atoms with Crippen molar-refractivity contribution in [1.82, 2.24) is 20.4 Å². The first-order valence-electron chi connectivity index (χ1n) is 8.38. The van der Waals surface area contributed by atoms with Crippen LogP contribution in [-0.4, -0.2) is 45.7 Å². The zero-order valence-electron chi connectivity index (χ0n) is 15.6. The van der Waals surface area contributed by atoms with Crippen LogP contribution in [0.5, 0.6) is 0 Å². The van der Waals surface area contributed by atoms with Gasteiger partial charge in [0, 0.05) is 13.1 Å². The lowest BCUT2D eigenvalue weighted by molar-refractivity contribution is -0.00553. The van der Waals surface area contributed by atoms with E-state index in [2.05, 4.69) is 39.1 Å². The Balaban J connectivity index is 0.000000223. The smallest absolute Gasteiger partial charge is 0.163 e. The molecule has 0 bridgehead atoms. The number of aryl methyl sites for hydroxylation is 2. The van der Waals surface area contributed by atoms with Crippen LogP contribution >= 0.6 is 11.6 Å². The first-order chi connectivity index (χ1) is 12.8. The van der Waals surface area contributed by atoms with E-state index in [0.717, 1.165) is 30.0 Å². The molecule has 2 atom stereocenters. The topological polar surface area (TPSA) is 112 Å². The Morgan fingerprint density at radius 1 is 0.963 bits per heavy atom. The van der Waals surface area contributed by atoms with Crippen molar-refractivity contribution in [2.45, 2.75) is 39.9 Å². The molecule has 0 radical (unpaired) electrons. The number of anilines is 1. The van der Waals surface area contributed by atoms with Crippen LogP contribution in [0.25, 0.3) is 0 Å². The van der Waals surface area contributed by atoms with Gasteiger partial charge in [-0.1, -0.05) is 11.6 Å². The summed E-state index contributed by atoms with van der Waals surface area (Å²) in [5, 5.41) is 32.6. The van der Waals surface area contributed by atoms with Gasteiger partial charge in [0.2, 0.25) is 0 Å². The van der Waals surface area contributed by atoms with Gasteiger partial charge in [-0.3, -0.25) is 0 Å². The van der Waals surface area contributed by atoms with Crippen LogP contribution in [0.15, 0.2) is 12.1 Å². The van der Waals surface area contributed by atoms with Gasteiger partial charge < -0.3 is 9.64 Å². The summed E-state index contributed by atoms with van der Waals surface area (Å²) >= 11 is 5.55.